The third-order valence-corrected chi connectivity index (χ3v) is 2.35. The van der Waals surface area contributed by atoms with Crippen LogP contribution in [0.2, 0.25) is 0 Å². The van der Waals surface area contributed by atoms with Crippen LogP contribution in [0.1, 0.15) is 10.5 Å². The summed E-state index contributed by atoms with van der Waals surface area (Å²) in [7, 11) is -1.79. The van der Waals surface area contributed by atoms with Crippen LogP contribution in [0, 0.1) is 0 Å². The lowest BCUT2D eigenvalue weighted by molar-refractivity contribution is 0.111. The third kappa shape index (κ3) is 1.53. The van der Waals surface area contributed by atoms with Crippen LogP contribution in [0.15, 0.2) is 11.1 Å². The predicted octanol–water partition coefficient (Wildman–Crippen LogP) is -0.364. The first-order valence-electron chi connectivity index (χ1n) is 3.14. The molecular weight excluding hydrogens is 180 g/mol. The minimum absolute atomic E-state index is 0.0768. The van der Waals surface area contributed by atoms with E-state index in [2.05, 4.69) is 5.10 Å². The molecule has 5 nitrogen and oxygen atoms in total. The van der Waals surface area contributed by atoms with Gasteiger partial charge in [-0.05, 0) is 0 Å². The summed E-state index contributed by atoms with van der Waals surface area (Å²) >= 11 is 0. The first-order chi connectivity index (χ1) is 5.45. The van der Waals surface area contributed by atoms with Crippen LogP contribution in [-0.4, -0.2) is 30.7 Å². The highest BCUT2D eigenvalue weighted by atomic mass is 32.2. The van der Waals surface area contributed by atoms with Gasteiger partial charge in [-0.15, -0.1) is 0 Å². The molecule has 0 aliphatic carbocycles. The third-order valence-electron chi connectivity index (χ3n) is 1.39. The Morgan fingerprint density at radius 2 is 2.17 bits per heavy atom. The molecule has 1 aromatic rings. The zero-order valence-electron chi connectivity index (χ0n) is 6.68. The number of aldehydes is 1. The van der Waals surface area contributed by atoms with Crippen LogP contribution in [0.5, 0.6) is 0 Å². The van der Waals surface area contributed by atoms with E-state index in [4.69, 9.17) is 0 Å². The van der Waals surface area contributed by atoms with Crippen molar-refractivity contribution in [2.75, 3.05) is 6.26 Å². The molecule has 0 spiro atoms. The van der Waals surface area contributed by atoms with Crippen molar-refractivity contribution in [2.24, 2.45) is 7.05 Å². The lowest BCUT2D eigenvalue weighted by atomic mass is 10.5. The number of nitrogens with zero attached hydrogens (tertiary/aromatic N) is 2. The molecule has 0 saturated carbocycles. The topological polar surface area (TPSA) is 69.0 Å². The average Bonchev–Trinajstić information content (AvgIpc) is 2.29. The van der Waals surface area contributed by atoms with E-state index in [0.29, 0.717) is 6.29 Å². The summed E-state index contributed by atoms with van der Waals surface area (Å²) in [5, 5.41) is 3.57. The van der Waals surface area contributed by atoms with Gasteiger partial charge in [-0.2, -0.15) is 5.10 Å². The Bertz CT molecular complexity index is 404. The van der Waals surface area contributed by atoms with Crippen LogP contribution in [0.25, 0.3) is 0 Å². The van der Waals surface area contributed by atoms with E-state index in [1.165, 1.54) is 17.8 Å². The molecule has 0 N–H and O–H groups in total. The van der Waals surface area contributed by atoms with Crippen LogP contribution in [-0.2, 0) is 16.9 Å². The molecule has 0 amide bonds. The van der Waals surface area contributed by atoms with E-state index in [1.807, 2.05) is 0 Å². The van der Waals surface area contributed by atoms with Gasteiger partial charge in [0.1, 0.15) is 5.69 Å². The molecule has 6 heteroatoms. The largest absolute Gasteiger partial charge is 0.296 e. The van der Waals surface area contributed by atoms with Crippen molar-refractivity contribution < 1.29 is 13.2 Å². The Kier molecular flexibility index (Phi) is 2.01. The van der Waals surface area contributed by atoms with Gasteiger partial charge in [-0.25, -0.2) is 8.42 Å². The van der Waals surface area contributed by atoms with E-state index in [1.54, 1.807) is 0 Å². The Morgan fingerprint density at radius 1 is 1.58 bits per heavy atom. The first kappa shape index (κ1) is 8.92. The Morgan fingerprint density at radius 3 is 2.42 bits per heavy atom. The highest BCUT2D eigenvalue weighted by molar-refractivity contribution is 7.90. The maximum absolute atomic E-state index is 10.9. The maximum atomic E-state index is 10.9. The highest BCUT2D eigenvalue weighted by Crippen LogP contribution is 2.06. The minimum Gasteiger partial charge on any atom is -0.296 e. The summed E-state index contributed by atoms with van der Waals surface area (Å²) in [6, 6.07) is 1.24. The fourth-order valence-electron chi connectivity index (χ4n) is 0.746. The van der Waals surface area contributed by atoms with Crippen molar-refractivity contribution in [3.8, 4) is 0 Å². The Balaban J connectivity index is 3.32. The van der Waals surface area contributed by atoms with E-state index >= 15 is 0 Å². The van der Waals surface area contributed by atoms with Gasteiger partial charge in [-0.3, -0.25) is 9.48 Å². The van der Waals surface area contributed by atoms with Crippen LogP contribution in [0.3, 0.4) is 0 Å². The molecule has 0 aliphatic heterocycles. The molecule has 1 rings (SSSR count). The molecule has 1 aromatic heterocycles. The summed E-state index contributed by atoms with van der Waals surface area (Å²) in [4.78, 5) is 10.3. The monoisotopic (exact) mass is 188 g/mol. The average molecular weight is 188 g/mol. The Labute approximate surface area is 69.9 Å². The summed E-state index contributed by atoms with van der Waals surface area (Å²) in [5.41, 5.74) is 0.246. The second-order valence-corrected chi connectivity index (χ2v) is 4.38. The molecule has 0 aromatic carbocycles. The smallest absolute Gasteiger partial charge is 0.194 e. The lowest BCUT2D eigenvalue weighted by Gasteiger charge is -1.88. The molecule has 0 aliphatic rings. The molecule has 0 saturated heterocycles. The Hall–Kier alpha value is -1.17. The van der Waals surface area contributed by atoms with Crippen molar-refractivity contribution >= 4 is 16.1 Å². The quantitative estimate of drug-likeness (QED) is 0.594. The normalized spacial score (nSPS) is 11.5. The molecule has 0 unspecified atom stereocenters. The van der Waals surface area contributed by atoms with Gasteiger partial charge in [0.25, 0.3) is 0 Å². The fourth-order valence-corrected chi connectivity index (χ4v) is 1.35. The zero-order chi connectivity index (χ0) is 9.35. The number of rotatable bonds is 2. The van der Waals surface area contributed by atoms with Gasteiger partial charge in [0.2, 0.25) is 0 Å². The van der Waals surface area contributed by atoms with Gasteiger partial charge in [0.15, 0.2) is 21.1 Å². The van der Waals surface area contributed by atoms with Gasteiger partial charge in [0.05, 0.1) is 0 Å². The van der Waals surface area contributed by atoms with Crippen LogP contribution < -0.4 is 0 Å². The van der Waals surface area contributed by atoms with Crippen LogP contribution >= 0.6 is 0 Å². The summed E-state index contributed by atoms with van der Waals surface area (Å²) in [5.74, 6) is 0. The SMILES string of the molecule is Cn1nc(S(C)(=O)=O)cc1C=O. The zero-order valence-corrected chi connectivity index (χ0v) is 7.50. The standard InChI is InChI=1S/C6H8N2O3S/c1-8-5(4-9)3-6(7-8)12(2,10)11/h3-4H,1-2H3. The van der Waals surface area contributed by atoms with Crippen molar-refractivity contribution in [2.45, 2.75) is 5.03 Å². The second-order valence-electron chi connectivity index (χ2n) is 2.42. The highest BCUT2D eigenvalue weighted by Gasteiger charge is 2.13. The molecule has 0 bridgehead atoms. The molecule has 0 atom stereocenters. The number of sulfone groups is 1. The maximum Gasteiger partial charge on any atom is 0.194 e. The van der Waals surface area contributed by atoms with Crippen LogP contribution in [0.4, 0.5) is 0 Å². The molecule has 66 valence electrons. The van der Waals surface area contributed by atoms with E-state index in [0.717, 1.165) is 6.26 Å². The second kappa shape index (κ2) is 2.71. The number of aryl methyl sites for hydroxylation is 1. The lowest BCUT2D eigenvalue weighted by Crippen LogP contribution is -2.00. The van der Waals surface area contributed by atoms with Crippen molar-refractivity contribution in [1.29, 1.82) is 0 Å². The molecule has 0 fully saturated rings. The van der Waals surface area contributed by atoms with E-state index in [9.17, 15) is 13.2 Å². The van der Waals surface area contributed by atoms with Gasteiger partial charge in [-0.1, -0.05) is 0 Å². The molecular formula is C6H8N2O3S. The van der Waals surface area contributed by atoms with Crippen molar-refractivity contribution in [3.63, 3.8) is 0 Å². The molecule has 0 radical (unpaired) electrons. The van der Waals surface area contributed by atoms with Gasteiger partial charge in [0, 0.05) is 19.4 Å². The van der Waals surface area contributed by atoms with Gasteiger partial charge < -0.3 is 0 Å². The first-order valence-corrected chi connectivity index (χ1v) is 5.03. The number of carbonyl (C=O) groups excluding carboxylic acids is 1. The molecule has 1 heterocycles. The number of hydrogen-bond donors (Lipinski definition) is 0. The van der Waals surface area contributed by atoms with Gasteiger partial charge >= 0.3 is 0 Å². The summed E-state index contributed by atoms with van der Waals surface area (Å²) < 4.78 is 23.1. The predicted molar refractivity (Wildman–Crippen MR) is 41.7 cm³/mol. The number of hydrogen-bond acceptors (Lipinski definition) is 4. The van der Waals surface area contributed by atoms with E-state index < -0.39 is 9.84 Å². The summed E-state index contributed by atoms with van der Waals surface area (Å²) in [6.45, 7) is 0. The number of carbonyl (C=O) groups is 1. The summed E-state index contributed by atoms with van der Waals surface area (Å²) in [6.07, 6.45) is 1.60. The minimum atomic E-state index is -3.31. The fraction of sp³-hybridized carbons (Fsp3) is 0.333. The van der Waals surface area contributed by atoms with Crippen molar-refractivity contribution in [1.82, 2.24) is 9.78 Å². The van der Waals surface area contributed by atoms with Crippen molar-refractivity contribution in [3.05, 3.63) is 11.8 Å². The molecule has 12 heavy (non-hydrogen) atoms. The van der Waals surface area contributed by atoms with E-state index in [-0.39, 0.29) is 10.7 Å². The number of aromatic nitrogens is 2.